The number of rotatable bonds is 7. The van der Waals surface area contributed by atoms with Gasteiger partial charge in [0.15, 0.2) is 5.13 Å². The first-order valence-corrected chi connectivity index (χ1v) is 12.5. The first-order chi connectivity index (χ1) is 17.0. The van der Waals surface area contributed by atoms with Crippen molar-refractivity contribution in [3.8, 4) is 17.0 Å². The number of halogens is 2. The third-order valence-corrected chi connectivity index (χ3v) is 7.40. The van der Waals surface area contributed by atoms with Crippen LogP contribution in [0, 0.1) is 6.92 Å². The molecule has 2 aromatic heterocycles. The highest BCUT2D eigenvalue weighted by Gasteiger charge is 2.30. The average Bonchev–Trinajstić information content (AvgIpc) is 3.47. The van der Waals surface area contributed by atoms with Crippen LogP contribution in [0.25, 0.3) is 21.5 Å². The Morgan fingerprint density at radius 3 is 2.75 bits per heavy atom. The maximum atomic E-state index is 14.1. The van der Waals surface area contributed by atoms with Gasteiger partial charge in [0.25, 0.3) is 5.91 Å². The molecule has 0 unspecified atom stereocenters. The number of aryl methyl sites for hydroxylation is 1. The molecule has 36 heavy (non-hydrogen) atoms. The minimum atomic E-state index is -0.224. The van der Waals surface area contributed by atoms with E-state index in [0.29, 0.717) is 59.0 Å². The van der Waals surface area contributed by atoms with E-state index in [-0.39, 0.29) is 18.3 Å². The number of morpholine rings is 1. The van der Waals surface area contributed by atoms with Crippen LogP contribution in [0.5, 0.6) is 5.75 Å². The second kappa shape index (κ2) is 11.6. The number of carbonyl (C=O) groups excluding carboxylic acids is 1. The van der Waals surface area contributed by atoms with Gasteiger partial charge < -0.3 is 14.0 Å². The predicted molar refractivity (Wildman–Crippen MR) is 144 cm³/mol. The van der Waals surface area contributed by atoms with Crippen molar-refractivity contribution in [1.29, 1.82) is 0 Å². The van der Waals surface area contributed by atoms with Gasteiger partial charge in [-0.05, 0) is 25.1 Å². The Morgan fingerprint density at radius 1 is 1.22 bits per heavy atom. The van der Waals surface area contributed by atoms with Crippen LogP contribution in [-0.2, 0) is 4.74 Å². The summed E-state index contributed by atoms with van der Waals surface area (Å²) in [5.41, 5.74) is 2.24. The molecule has 1 saturated heterocycles. The Labute approximate surface area is 224 Å². The lowest BCUT2D eigenvalue weighted by Gasteiger charge is -2.29. The number of anilines is 1. The van der Waals surface area contributed by atoms with Crippen molar-refractivity contribution in [2.75, 3.05) is 51.4 Å². The van der Waals surface area contributed by atoms with Gasteiger partial charge >= 0.3 is 0 Å². The average molecular weight is 549 g/mol. The van der Waals surface area contributed by atoms with Gasteiger partial charge in [-0.1, -0.05) is 46.3 Å². The van der Waals surface area contributed by atoms with Crippen molar-refractivity contribution < 1.29 is 18.8 Å². The van der Waals surface area contributed by atoms with Crippen molar-refractivity contribution in [2.45, 2.75) is 6.92 Å². The van der Waals surface area contributed by atoms with Crippen molar-refractivity contribution in [1.82, 2.24) is 15.0 Å². The molecule has 0 radical (unpaired) electrons. The van der Waals surface area contributed by atoms with Crippen molar-refractivity contribution >= 4 is 56.6 Å². The molecule has 0 saturated carbocycles. The molecular weight excluding hydrogens is 523 g/mol. The number of amides is 1. The summed E-state index contributed by atoms with van der Waals surface area (Å²) in [5.74, 6) is 0.929. The summed E-state index contributed by atoms with van der Waals surface area (Å²) < 4.78 is 17.3. The lowest BCUT2D eigenvalue weighted by molar-refractivity contribution is 0.0391. The van der Waals surface area contributed by atoms with Crippen LogP contribution in [0.15, 0.2) is 47.0 Å². The molecular formula is C25H26Cl2N4O4S. The summed E-state index contributed by atoms with van der Waals surface area (Å²) in [6, 6.07) is 13.0. The van der Waals surface area contributed by atoms with Crippen molar-refractivity contribution in [3.05, 3.63) is 58.8 Å². The second-order valence-electron chi connectivity index (χ2n) is 8.18. The van der Waals surface area contributed by atoms with E-state index >= 15 is 0 Å². The van der Waals surface area contributed by atoms with E-state index in [1.807, 2.05) is 36.4 Å². The second-order valence-corrected chi connectivity index (χ2v) is 9.60. The fourth-order valence-corrected chi connectivity index (χ4v) is 5.28. The smallest absolute Gasteiger partial charge is 0.266 e. The van der Waals surface area contributed by atoms with Crippen LogP contribution in [0.3, 0.4) is 0 Å². The van der Waals surface area contributed by atoms with Crippen LogP contribution in [0.2, 0.25) is 5.02 Å². The molecule has 0 N–H and O–H groups in total. The molecule has 0 aliphatic carbocycles. The van der Waals surface area contributed by atoms with Gasteiger partial charge in [-0.25, -0.2) is 4.98 Å². The zero-order chi connectivity index (χ0) is 24.4. The molecule has 0 atom stereocenters. The van der Waals surface area contributed by atoms with E-state index in [1.165, 1.54) is 11.3 Å². The minimum absolute atomic E-state index is 0. The van der Waals surface area contributed by atoms with Crippen LogP contribution in [-0.4, -0.2) is 67.5 Å². The Kier molecular flexibility index (Phi) is 8.48. The van der Waals surface area contributed by atoms with Crippen LogP contribution >= 0.6 is 35.3 Å². The number of aromatic nitrogens is 2. The SMILES string of the molecule is COc1ccc2sc(N(CCN3CCOCC3)C(=O)c3c(-c4ccccc4Cl)noc3C)nc2c1.Cl. The third kappa shape index (κ3) is 5.35. The number of hydrogen-bond donors (Lipinski definition) is 0. The highest BCUT2D eigenvalue weighted by atomic mass is 35.5. The first-order valence-electron chi connectivity index (χ1n) is 11.3. The van der Waals surface area contributed by atoms with E-state index < -0.39 is 0 Å². The van der Waals surface area contributed by atoms with Gasteiger partial charge in [-0.2, -0.15) is 0 Å². The van der Waals surface area contributed by atoms with Gasteiger partial charge in [0.2, 0.25) is 0 Å². The monoisotopic (exact) mass is 548 g/mol. The summed E-state index contributed by atoms with van der Waals surface area (Å²) in [6.07, 6.45) is 0. The number of methoxy groups -OCH3 is 1. The fraction of sp³-hybridized carbons (Fsp3) is 0.320. The molecule has 1 fully saturated rings. The standard InChI is InChI=1S/C25H25ClN4O4S.ClH/c1-16-22(23(28-34-16)18-5-3-4-6-19(18)26)24(31)30(10-9-29-11-13-33-14-12-29)25-27-20-15-17(32-2)7-8-21(20)35-25;/h3-8,15H,9-14H2,1-2H3;1H. The molecule has 0 bridgehead atoms. The number of nitrogens with zero attached hydrogens (tertiary/aromatic N) is 4. The Hall–Kier alpha value is -2.69. The van der Waals surface area contributed by atoms with Crippen LogP contribution in [0.1, 0.15) is 16.1 Å². The molecule has 8 nitrogen and oxygen atoms in total. The molecule has 4 aromatic rings. The van der Waals surface area contributed by atoms with Gasteiger partial charge in [-0.15, -0.1) is 12.4 Å². The third-order valence-electron chi connectivity index (χ3n) is 6.01. The summed E-state index contributed by atoms with van der Waals surface area (Å²) in [5, 5.41) is 5.30. The summed E-state index contributed by atoms with van der Waals surface area (Å²) in [7, 11) is 1.62. The molecule has 1 aliphatic rings. The van der Waals surface area contributed by atoms with E-state index in [9.17, 15) is 4.79 Å². The quantitative estimate of drug-likeness (QED) is 0.309. The van der Waals surface area contributed by atoms with Gasteiger partial charge in [0.1, 0.15) is 22.8 Å². The number of thiazole rings is 1. The lowest BCUT2D eigenvalue weighted by Crippen LogP contribution is -2.43. The van der Waals surface area contributed by atoms with E-state index in [0.717, 1.165) is 29.1 Å². The zero-order valence-corrected chi connectivity index (χ0v) is 22.3. The molecule has 1 amide bonds. The summed E-state index contributed by atoms with van der Waals surface area (Å²) in [4.78, 5) is 22.9. The molecule has 2 aromatic carbocycles. The van der Waals surface area contributed by atoms with Gasteiger partial charge in [0.05, 0.1) is 35.6 Å². The zero-order valence-electron chi connectivity index (χ0n) is 19.9. The number of hydrogen-bond acceptors (Lipinski definition) is 8. The molecule has 11 heteroatoms. The number of carbonyl (C=O) groups is 1. The Morgan fingerprint density at radius 2 is 2.00 bits per heavy atom. The largest absolute Gasteiger partial charge is 0.497 e. The fourth-order valence-electron chi connectivity index (χ4n) is 4.08. The van der Waals surface area contributed by atoms with Crippen molar-refractivity contribution in [3.63, 3.8) is 0 Å². The maximum absolute atomic E-state index is 14.1. The lowest BCUT2D eigenvalue weighted by atomic mass is 10.1. The molecule has 5 rings (SSSR count). The molecule has 190 valence electrons. The van der Waals surface area contributed by atoms with E-state index in [1.54, 1.807) is 25.0 Å². The van der Waals surface area contributed by atoms with Crippen molar-refractivity contribution in [2.24, 2.45) is 0 Å². The highest BCUT2D eigenvalue weighted by molar-refractivity contribution is 7.22. The Balaban J connectivity index is 0.00000304. The molecule has 3 heterocycles. The normalized spacial score (nSPS) is 14.0. The maximum Gasteiger partial charge on any atom is 0.266 e. The molecule has 1 aliphatic heterocycles. The predicted octanol–water partition coefficient (Wildman–Crippen LogP) is 5.32. The minimum Gasteiger partial charge on any atom is -0.497 e. The Bertz CT molecular complexity index is 1350. The first kappa shape index (κ1) is 26.4. The van der Waals surface area contributed by atoms with Crippen LogP contribution < -0.4 is 9.64 Å². The molecule has 0 spiro atoms. The number of benzene rings is 2. The summed E-state index contributed by atoms with van der Waals surface area (Å²) in [6.45, 7) is 5.94. The van der Waals surface area contributed by atoms with Crippen LogP contribution in [0.4, 0.5) is 5.13 Å². The van der Waals surface area contributed by atoms with Gasteiger partial charge in [0, 0.05) is 37.8 Å². The summed E-state index contributed by atoms with van der Waals surface area (Å²) >= 11 is 7.90. The topological polar surface area (TPSA) is 80.9 Å². The number of ether oxygens (including phenoxy) is 2. The van der Waals surface area contributed by atoms with E-state index in [4.69, 9.17) is 30.6 Å². The highest BCUT2D eigenvalue weighted by Crippen LogP contribution is 2.35. The van der Waals surface area contributed by atoms with Gasteiger partial charge in [-0.3, -0.25) is 14.6 Å². The number of fused-ring (bicyclic) bond motifs is 1. The van der Waals surface area contributed by atoms with E-state index in [2.05, 4.69) is 10.1 Å².